The van der Waals surface area contributed by atoms with Crippen LogP contribution in [0.1, 0.15) is 6.92 Å². The number of amides is 1. The van der Waals surface area contributed by atoms with Crippen LogP contribution in [-0.2, 0) is 4.79 Å². The van der Waals surface area contributed by atoms with Crippen molar-refractivity contribution in [2.45, 2.75) is 6.92 Å². The molecule has 1 heterocycles. The van der Waals surface area contributed by atoms with E-state index in [-0.39, 0.29) is 5.91 Å². The molecule has 5 heteroatoms. The molecule has 0 unspecified atom stereocenters. The maximum atomic E-state index is 10.7. The number of nitrogen functional groups attached to an aromatic ring is 1. The molecule has 94 valence electrons. The molecular formula is C13H16N4O. The predicted molar refractivity (Wildman–Crippen MR) is 73.3 cm³/mol. The number of carbonyl (C=O) groups is 1. The third-order valence-electron chi connectivity index (χ3n) is 2.67. The molecule has 2 aromatic rings. The van der Waals surface area contributed by atoms with Gasteiger partial charge in [0.05, 0.1) is 0 Å². The van der Waals surface area contributed by atoms with Crippen molar-refractivity contribution in [2.24, 2.45) is 0 Å². The summed E-state index contributed by atoms with van der Waals surface area (Å²) in [5.41, 5.74) is 7.61. The van der Waals surface area contributed by atoms with Gasteiger partial charge in [-0.2, -0.15) is 0 Å². The molecule has 2 rings (SSSR count). The molecule has 0 atom stereocenters. The Morgan fingerprint density at radius 2 is 2.11 bits per heavy atom. The molecule has 18 heavy (non-hydrogen) atoms. The monoisotopic (exact) mass is 244 g/mol. The van der Waals surface area contributed by atoms with Crippen molar-refractivity contribution >= 4 is 28.1 Å². The van der Waals surface area contributed by atoms with Gasteiger partial charge in [-0.1, -0.05) is 0 Å². The van der Waals surface area contributed by atoms with Gasteiger partial charge in [-0.15, -0.1) is 0 Å². The Bertz CT molecular complexity index is 568. The summed E-state index contributed by atoms with van der Waals surface area (Å²) in [5.74, 6) is -0.0272. The molecule has 0 aliphatic carbocycles. The molecule has 0 aliphatic rings. The molecule has 0 spiro atoms. The number of nitrogens with zero attached hydrogens (tertiary/aromatic N) is 1. The minimum absolute atomic E-state index is 0.0272. The number of aromatic nitrogens is 1. The third kappa shape index (κ3) is 2.68. The van der Waals surface area contributed by atoms with Gasteiger partial charge < -0.3 is 16.4 Å². The van der Waals surface area contributed by atoms with Crippen LogP contribution in [0.4, 0.5) is 11.4 Å². The summed E-state index contributed by atoms with van der Waals surface area (Å²) in [7, 11) is 0. The van der Waals surface area contributed by atoms with E-state index in [0.29, 0.717) is 13.1 Å². The first-order valence-electron chi connectivity index (χ1n) is 5.79. The number of nitrogens with one attached hydrogen (secondary N) is 2. The number of hydrogen-bond acceptors (Lipinski definition) is 4. The van der Waals surface area contributed by atoms with Crippen molar-refractivity contribution < 1.29 is 4.79 Å². The lowest BCUT2D eigenvalue weighted by Gasteiger charge is -2.11. The van der Waals surface area contributed by atoms with Gasteiger partial charge in [-0.05, 0) is 18.2 Å². The molecule has 0 bridgehead atoms. The molecule has 1 amide bonds. The highest BCUT2D eigenvalue weighted by Gasteiger charge is 2.03. The molecule has 0 aliphatic heterocycles. The fourth-order valence-corrected chi connectivity index (χ4v) is 1.80. The summed E-state index contributed by atoms with van der Waals surface area (Å²) in [4.78, 5) is 14.9. The highest BCUT2D eigenvalue weighted by Crippen LogP contribution is 2.26. The van der Waals surface area contributed by atoms with Crippen LogP contribution in [0.3, 0.4) is 0 Å². The Morgan fingerprint density at radius 3 is 2.89 bits per heavy atom. The van der Waals surface area contributed by atoms with Crippen LogP contribution in [0.15, 0.2) is 30.6 Å². The molecule has 1 aromatic carbocycles. The average molecular weight is 244 g/mol. The highest BCUT2D eigenvalue weighted by atomic mass is 16.1. The summed E-state index contributed by atoms with van der Waals surface area (Å²) in [6, 6.07) is 5.68. The molecule has 0 radical (unpaired) electrons. The standard InChI is InChI=1S/C13H16N4O/c1-9(18)16-6-7-17-13-3-2-12(14)10-4-5-15-8-11(10)13/h2-5,8,17H,6-7,14H2,1H3,(H,16,18). The minimum atomic E-state index is -0.0272. The Labute approximate surface area is 105 Å². The summed E-state index contributed by atoms with van der Waals surface area (Å²) in [5, 5.41) is 7.96. The van der Waals surface area contributed by atoms with Crippen molar-refractivity contribution in [3.63, 3.8) is 0 Å². The minimum Gasteiger partial charge on any atom is -0.398 e. The SMILES string of the molecule is CC(=O)NCCNc1ccc(N)c2ccncc12. The van der Waals surface area contributed by atoms with Gasteiger partial charge in [-0.3, -0.25) is 9.78 Å². The number of pyridine rings is 1. The molecule has 0 saturated heterocycles. The van der Waals surface area contributed by atoms with E-state index >= 15 is 0 Å². The number of nitrogens with two attached hydrogens (primary N) is 1. The molecule has 4 N–H and O–H groups in total. The van der Waals surface area contributed by atoms with Crippen LogP contribution in [0.25, 0.3) is 10.8 Å². The third-order valence-corrected chi connectivity index (χ3v) is 2.67. The fraction of sp³-hybridized carbons (Fsp3) is 0.231. The molecule has 0 fully saturated rings. The number of anilines is 2. The van der Waals surface area contributed by atoms with Crippen molar-refractivity contribution in [2.75, 3.05) is 24.1 Å². The largest absolute Gasteiger partial charge is 0.398 e. The predicted octanol–water partition coefficient (Wildman–Crippen LogP) is 1.36. The summed E-state index contributed by atoms with van der Waals surface area (Å²) >= 11 is 0. The molecule has 5 nitrogen and oxygen atoms in total. The Balaban J connectivity index is 2.14. The first kappa shape index (κ1) is 12.2. The topological polar surface area (TPSA) is 80.0 Å². The smallest absolute Gasteiger partial charge is 0.216 e. The normalized spacial score (nSPS) is 10.3. The van der Waals surface area contributed by atoms with Gasteiger partial charge in [0.25, 0.3) is 0 Å². The molecule has 1 aromatic heterocycles. The summed E-state index contributed by atoms with van der Waals surface area (Å²) in [6.07, 6.45) is 3.51. The van der Waals surface area contributed by atoms with E-state index in [1.807, 2.05) is 18.2 Å². The Kier molecular flexibility index (Phi) is 3.62. The van der Waals surface area contributed by atoms with Crippen molar-refractivity contribution in [3.8, 4) is 0 Å². The molecule has 0 saturated carbocycles. The van der Waals surface area contributed by atoms with Crippen LogP contribution in [0, 0.1) is 0 Å². The van der Waals surface area contributed by atoms with Gasteiger partial charge >= 0.3 is 0 Å². The lowest BCUT2D eigenvalue weighted by Crippen LogP contribution is -2.26. The van der Waals surface area contributed by atoms with E-state index in [4.69, 9.17) is 5.73 Å². The van der Waals surface area contributed by atoms with Crippen LogP contribution >= 0.6 is 0 Å². The zero-order chi connectivity index (χ0) is 13.0. The quantitative estimate of drug-likeness (QED) is 0.560. The van der Waals surface area contributed by atoms with Crippen LogP contribution < -0.4 is 16.4 Å². The number of hydrogen-bond donors (Lipinski definition) is 3. The van der Waals surface area contributed by atoms with E-state index < -0.39 is 0 Å². The first-order valence-corrected chi connectivity index (χ1v) is 5.79. The maximum Gasteiger partial charge on any atom is 0.216 e. The number of benzene rings is 1. The van der Waals surface area contributed by atoms with Crippen LogP contribution in [0.2, 0.25) is 0 Å². The van der Waals surface area contributed by atoms with Crippen molar-refractivity contribution in [1.82, 2.24) is 10.3 Å². The zero-order valence-corrected chi connectivity index (χ0v) is 10.2. The van der Waals surface area contributed by atoms with Crippen LogP contribution in [-0.4, -0.2) is 24.0 Å². The number of fused-ring (bicyclic) bond motifs is 1. The second-order valence-electron chi connectivity index (χ2n) is 4.03. The van der Waals surface area contributed by atoms with E-state index in [2.05, 4.69) is 15.6 Å². The van der Waals surface area contributed by atoms with Gasteiger partial charge in [0.1, 0.15) is 0 Å². The number of rotatable bonds is 4. The Hall–Kier alpha value is -2.30. The lowest BCUT2D eigenvalue weighted by atomic mass is 10.1. The first-order chi connectivity index (χ1) is 8.68. The fourth-order valence-electron chi connectivity index (χ4n) is 1.80. The number of carbonyl (C=O) groups excluding carboxylic acids is 1. The van der Waals surface area contributed by atoms with Crippen molar-refractivity contribution in [3.05, 3.63) is 30.6 Å². The molecular weight excluding hydrogens is 228 g/mol. The Morgan fingerprint density at radius 1 is 1.28 bits per heavy atom. The zero-order valence-electron chi connectivity index (χ0n) is 10.2. The van der Waals surface area contributed by atoms with E-state index in [9.17, 15) is 4.79 Å². The van der Waals surface area contributed by atoms with E-state index in [1.165, 1.54) is 6.92 Å². The van der Waals surface area contributed by atoms with Gasteiger partial charge in [0.2, 0.25) is 5.91 Å². The average Bonchev–Trinajstić information content (AvgIpc) is 2.37. The van der Waals surface area contributed by atoms with Gasteiger partial charge in [-0.25, -0.2) is 0 Å². The van der Waals surface area contributed by atoms with Gasteiger partial charge in [0.15, 0.2) is 0 Å². The van der Waals surface area contributed by atoms with Gasteiger partial charge in [0, 0.05) is 54.6 Å². The lowest BCUT2D eigenvalue weighted by molar-refractivity contribution is -0.118. The summed E-state index contributed by atoms with van der Waals surface area (Å²) in [6.45, 7) is 2.75. The van der Waals surface area contributed by atoms with E-state index in [0.717, 1.165) is 22.1 Å². The van der Waals surface area contributed by atoms with E-state index in [1.54, 1.807) is 12.4 Å². The van der Waals surface area contributed by atoms with Crippen LogP contribution in [0.5, 0.6) is 0 Å². The maximum absolute atomic E-state index is 10.7. The van der Waals surface area contributed by atoms with Crippen molar-refractivity contribution in [1.29, 1.82) is 0 Å². The second-order valence-corrected chi connectivity index (χ2v) is 4.03. The second kappa shape index (κ2) is 5.35. The highest BCUT2D eigenvalue weighted by molar-refractivity contribution is 6.00. The summed E-state index contributed by atoms with van der Waals surface area (Å²) < 4.78 is 0.